The lowest BCUT2D eigenvalue weighted by Crippen LogP contribution is -2.48. The minimum Gasteiger partial charge on any atom is -0.360 e. The summed E-state index contributed by atoms with van der Waals surface area (Å²) < 4.78 is 5.98. The molecule has 0 saturated carbocycles. The summed E-state index contributed by atoms with van der Waals surface area (Å²) in [6.07, 6.45) is 9.69. The van der Waals surface area contributed by atoms with Crippen molar-refractivity contribution in [1.29, 1.82) is 0 Å². The molecule has 84 valence electrons. The molecule has 1 aliphatic carbocycles. The molecule has 3 heterocycles. The number of carbonyl (C=O) groups is 1. The number of hydrogen-bond acceptors (Lipinski definition) is 3. The summed E-state index contributed by atoms with van der Waals surface area (Å²) in [5.74, 6) is 0.111. The molecular formula is C13H15NO2. The Morgan fingerprint density at radius 1 is 1.50 bits per heavy atom. The number of nitrogens with zero attached hydrogens (tertiary/aromatic N) is 1. The fraction of sp³-hybridized carbons (Fsp3) is 0.615. The highest BCUT2D eigenvalue weighted by Crippen LogP contribution is 2.50. The van der Waals surface area contributed by atoms with Crippen molar-refractivity contribution in [3.8, 4) is 0 Å². The van der Waals surface area contributed by atoms with Crippen LogP contribution in [0.25, 0.3) is 0 Å². The summed E-state index contributed by atoms with van der Waals surface area (Å²) in [7, 11) is 0. The van der Waals surface area contributed by atoms with Gasteiger partial charge in [-0.25, -0.2) is 0 Å². The van der Waals surface area contributed by atoms with Gasteiger partial charge in [0.1, 0.15) is 12.2 Å². The Hall–Kier alpha value is -0.930. The van der Waals surface area contributed by atoms with Gasteiger partial charge in [0.15, 0.2) is 5.78 Å². The van der Waals surface area contributed by atoms with Gasteiger partial charge < -0.3 is 4.74 Å². The first kappa shape index (κ1) is 9.14. The summed E-state index contributed by atoms with van der Waals surface area (Å²) in [6, 6.07) is 1.05. The van der Waals surface area contributed by atoms with Crippen molar-refractivity contribution in [3.63, 3.8) is 0 Å². The lowest BCUT2D eigenvalue weighted by Gasteiger charge is -2.38. The maximum absolute atomic E-state index is 11.4. The first-order valence-corrected chi connectivity index (χ1v) is 6.12. The average Bonchev–Trinajstić information content (AvgIpc) is 2.84. The van der Waals surface area contributed by atoms with Crippen molar-refractivity contribution in [2.45, 2.75) is 36.9 Å². The van der Waals surface area contributed by atoms with Crippen molar-refractivity contribution in [3.05, 3.63) is 23.8 Å². The third-order valence-corrected chi connectivity index (χ3v) is 4.55. The number of ether oxygens (including phenoxy) is 1. The van der Waals surface area contributed by atoms with Gasteiger partial charge in [-0.05, 0) is 31.0 Å². The van der Waals surface area contributed by atoms with E-state index >= 15 is 0 Å². The fourth-order valence-electron chi connectivity index (χ4n) is 3.92. The van der Waals surface area contributed by atoms with Crippen molar-refractivity contribution >= 4 is 5.78 Å². The van der Waals surface area contributed by atoms with Crippen LogP contribution in [0, 0.1) is 0 Å². The highest BCUT2D eigenvalue weighted by molar-refractivity contribution is 5.93. The summed E-state index contributed by atoms with van der Waals surface area (Å²) in [5, 5.41) is 0. The highest BCUT2D eigenvalue weighted by Gasteiger charge is 2.58. The monoisotopic (exact) mass is 217 g/mol. The molecule has 3 atom stereocenters. The number of fused-ring (bicyclic) bond motifs is 3. The molecule has 3 unspecified atom stereocenters. The van der Waals surface area contributed by atoms with E-state index in [1.165, 1.54) is 19.4 Å². The molecule has 0 aromatic carbocycles. The highest BCUT2D eigenvalue weighted by atomic mass is 16.5. The lowest BCUT2D eigenvalue weighted by atomic mass is 9.78. The van der Waals surface area contributed by atoms with Gasteiger partial charge in [-0.3, -0.25) is 9.69 Å². The van der Waals surface area contributed by atoms with Gasteiger partial charge in [0, 0.05) is 18.5 Å². The Bertz CT molecular complexity index is 426. The van der Waals surface area contributed by atoms with Gasteiger partial charge in [0.05, 0.1) is 0 Å². The van der Waals surface area contributed by atoms with E-state index in [2.05, 4.69) is 17.1 Å². The smallest absolute Gasteiger partial charge is 0.181 e. The molecule has 2 bridgehead atoms. The Morgan fingerprint density at radius 3 is 3.38 bits per heavy atom. The summed E-state index contributed by atoms with van der Waals surface area (Å²) in [5.41, 5.74) is 0.971. The molecule has 0 aromatic heterocycles. The second kappa shape index (κ2) is 2.84. The van der Waals surface area contributed by atoms with Gasteiger partial charge in [-0.2, -0.15) is 0 Å². The van der Waals surface area contributed by atoms with E-state index in [1.807, 2.05) is 0 Å². The van der Waals surface area contributed by atoms with Crippen molar-refractivity contribution in [1.82, 2.24) is 4.90 Å². The molecule has 3 heteroatoms. The molecule has 3 nitrogen and oxygen atoms in total. The zero-order valence-electron chi connectivity index (χ0n) is 9.19. The van der Waals surface area contributed by atoms with E-state index in [0.717, 1.165) is 12.0 Å². The average molecular weight is 217 g/mol. The van der Waals surface area contributed by atoms with Crippen LogP contribution in [-0.2, 0) is 9.53 Å². The van der Waals surface area contributed by atoms with E-state index in [9.17, 15) is 4.79 Å². The molecule has 0 N–H and O–H groups in total. The minimum absolute atomic E-state index is 0.111. The molecule has 0 amide bonds. The number of rotatable bonds is 0. The van der Waals surface area contributed by atoms with Gasteiger partial charge in [0.2, 0.25) is 0 Å². The van der Waals surface area contributed by atoms with Gasteiger partial charge in [-0.1, -0.05) is 12.2 Å². The van der Waals surface area contributed by atoms with E-state index in [4.69, 9.17) is 4.74 Å². The zero-order chi connectivity index (χ0) is 10.8. The SMILES string of the molecule is O=C1C=C2C=CC3CC2(OC1)C1CCCN31. The molecule has 4 aliphatic rings. The quantitative estimate of drug-likeness (QED) is 0.607. The normalized spacial score (nSPS) is 45.5. The van der Waals surface area contributed by atoms with Crippen LogP contribution in [0.1, 0.15) is 19.3 Å². The molecule has 16 heavy (non-hydrogen) atoms. The van der Waals surface area contributed by atoms with Crippen LogP contribution in [0.5, 0.6) is 0 Å². The van der Waals surface area contributed by atoms with Crippen LogP contribution in [0.3, 0.4) is 0 Å². The Balaban J connectivity index is 1.87. The summed E-state index contributed by atoms with van der Waals surface area (Å²) in [6.45, 7) is 1.46. The van der Waals surface area contributed by atoms with Crippen LogP contribution in [0.15, 0.2) is 23.8 Å². The molecule has 0 aromatic rings. The maximum Gasteiger partial charge on any atom is 0.181 e. The topological polar surface area (TPSA) is 29.5 Å². The third-order valence-electron chi connectivity index (χ3n) is 4.55. The zero-order valence-corrected chi connectivity index (χ0v) is 9.19. The van der Waals surface area contributed by atoms with Crippen molar-refractivity contribution < 1.29 is 9.53 Å². The second-order valence-corrected chi connectivity index (χ2v) is 5.27. The maximum atomic E-state index is 11.4. The predicted octanol–water partition coefficient (Wildman–Crippen LogP) is 1.06. The molecular weight excluding hydrogens is 202 g/mol. The Kier molecular flexibility index (Phi) is 1.62. The molecule has 3 aliphatic heterocycles. The van der Waals surface area contributed by atoms with Crippen molar-refractivity contribution in [2.24, 2.45) is 0 Å². The van der Waals surface area contributed by atoms with E-state index in [-0.39, 0.29) is 18.0 Å². The van der Waals surface area contributed by atoms with Crippen LogP contribution < -0.4 is 0 Å². The summed E-state index contributed by atoms with van der Waals surface area (Å²) in [4.78, 5) is 14.0. The molecule has 2 saturated heterocycles. The molecule has 4 rings (SSSR count). The lowest BCUT2D eigenvalue weighted by molar-refractivity contribution is -0.128. The first-order valence-electron chi connectivity index (χ1n) is 6.12. The third kappa shape index (κ3) is 0.937. The molecule has 1 spiro atoms. The number of ketones is 1. The fourth-order valence-corrected chi connectivity index (χ4v) is 3.92. The minimum atomic E-state index is -0.149. The largest absolute Gasteiger partial charge is 0.360 e. The second-order valence-electron chi connectivity index (χ2n) is 5.27. The van der Waals surface area contributed by atoms with E-state index < -0.39 is 0 Å². The van der Waals surface area contributed by atoms with Gasteiger partial charge in [-0.15, -0.1) is 0 Å². The number of carbonyl (C=O) groups excluding carboxylic acids is 1. The van der Waals surface area contributed by atoms with Crippen LogP contribution >= 0.6 is 0 Å². The first-order chi connectivity index (χ1) is 7.79. The van der Waals surface area contributed by atoms with Crippen LogP contribution in [-0.4, -0.2) is 41.5 Å². The van der Waals surface area contributed by atoms with Crippen LogP contribution in [0.2, 0.25) is 0 Å². The van der Waals surface area contributed by atoms with E-state index in [1.54, 1.807) is 6.08 Å². The molecule has 0 radical (unpaired) electrons. The summed E-state index contributed by atoms with van der Waals surface area (Å²) >= 11 is 0. The van der Waals surface area contributed by atoms with Crippen molar-refractivity contribution in [2.75, 3.05) is 13.2 Å². The Morgan fingerprint density at radius 2 is 2.44 bits per heavy atom. The van der Waals surface area contributed by atoms with E-state index in [0.29, 0.717) is 12.1 Å². The van der Waals surface area contributed by atoms with Gasteiger partial charge >= 0.3 is 0 Å². The van der Waals surface area contributed by atoms with Gasteiger partial charge in [0.25, 0.3) is 0 Å². The number of hydrogen-bond donors (Lipinski definition) is 0. The predicted molar refractivity (Wildman–Crippen MR) is 59.0 cm³/mol. The standard InChI is InChI=1S/C13H15NO2/c15-11-6-9-3-4-10-7-13(9,16-8-11)12-2-1-5-14(10)12/h3-4,6,10,12H,1-2,5,7-8H2. The Labute approximate surface area is 94.8 Å². The van der Waals surface area contributed by atoms with Crippen LogP contribution in [0.4, 0.5) is 0 Å². The molecule has 2 fully saturated rings.